The Balaban J connectivity index is 0. The first kappa shape index (κ1) is 51.5. The molecule has 0 bridgehead atoms. The van der Waals surface area contributed by atoms with Crippen molar-refractivity contribution in [2.24, 2.45) is 49.7 Å². The first-order valence-corrected chi connectivity index (χ1v) is 21.3. The third-order valence-corrected chi connectivity index (χ3v) is 14.4. The van der Waals surface area contributed by atoms with Gasteiger partial charge in [-0.05, 0) is 106 Å². The second-order valence-corrected chi connectivity index (χ2v) is 20.2. The van der Waals surface area contributed by atoms with Crippen LogP contribution in [0.4, 0.5) is 0 Å². The van der Waals surface area contributed by atoms with Crippen LogP contribution in [0.5, 0.6) is 0 Å². The molecule has 0 heterocycles. The smallest absolute Gasteiger partial charge is 0.0100 e. The molecule has 1 aromatic carbocycles. The van der Waals surface area contributed by atoms with E-state index in [4.69, 9.17) is 0 Å². The summed E-state index contributed by atoms with van der Waals surface area (Å²) in [4.78, 5) is 0. The molecule has 3 unspecified atom stereocenters. The molecular formula is C51H94. The monoisotopic (exact) mass is 707 g/mol. The molecule has 0 saturated heterocycles. The van der Waals surface area contributed by atoms with Gasteiger partial charge in [0.1, 0.15) is 0 Å². The van der Waals surface area contributed by atoms with E-state index >= 15 is 0 Å². The summed E-state index contributed by atoms with van der Waals surface area (Å²) in [5.41, 5.74) is 4.07. The summed E-state index contributed by atoms with van der Waals surface area (Å²) >= 11 is 0. The summed E-state index contributed by atoms with van der Waals surface area (Å²) in [5.74, 6) is 1.43. The number of allylic oxidation sites excluding steroid dienone is 5. The van der Waals surface area contributed by atoms with Crippen LogP contribution < -0.4 is 0 Å². The van der Waals surface area contributed by atoms with E-state index in [2.05, 4.69) is 180 Å². The quantitative estimate of drug-likeness (QED) is 0.126. The fraction of sp³-hybridized carbons (Fsp3) is 0.765. The molecule has 0 saturated carbocycles. The zero-order valence-electron chi connectivity index (χ0n) is 39.1. The number of rotatable bonds is 19. The summed E-state index contributed by atoms with van der Waals surface area (Å²) in [6.45, 7) is 57.1. The maximum absolute atomic E-state index is 4.19. The topological polar surface area (TPSA) is 0 Å². The molecule has 0 aliphatic carbocycles. The lowest BCUT2D eigenvalue weighted by atomic mass is 9.48. The Bertz CT molecular complexity index is 1140. The molecule has 0 aliphatic heterocycles. The van der Waals surface area contributed by atoms with E-state index in [1.165, 1.54) is 49.7 Å². The maximum atomic E-state index is 4.19. The van der Waals surface area contributed by atoms with E-state index in [0.717, 1.165) is 6.42 Å². The van der Waals surface area contributed by atoms with Gasteiger partial charge in [0.2, 0.25) is 0 Å². The molecule has 3 atom stereocenters. The van der Waals surface area contributed by atoms with Gasteiger partial charge < -0.3 is 0 Å². The molecule has 0 fully saturated rings. The largest absolute Gasteiger partial charge is 0.0991 e. The van der Waals surface area contributed by atoms with Crippen molar-refractivity contribution in [2.75, 3.05) is 0 Å². The Morgan fingerprint density at radius 1 is 0.667 bits per heavy atom. The van der Waals surface area contributed by atoms with Crippen LogP contribution in [-0.4, -0.2) is 0 Å². The van der Waals surface area contributed by atoms with Crippen molar-refractivity contribution in [1.82, 2.24) is 0 Å². The van der Waals surface area contributed by atoms with Crippen LogP contribution in [0.15, 0.2) is 66.8 Å². The second kappa shape index (κ2) is 21.4. The van der Waals surface area contributed by atoms with Crippen molar-refractivity contribution in [3.05, 3.63) is 72.4 Å². The average Bonchev–Trinajstić information content (AvgIpc) is 3.05. The molecule has 0 heteroatoms. The van der Waals surface area contributed by atoms with Gasteiger partial charge in [-0.25, -0.2) is 0 Å². The van der Waals surface area contributed by atoms with E-state index in [9.17, 15) is 0 Å². The molecule has 1 aromatic rings. The molecule has 0 aromatic heterocycles. The third kappa shape index (κ3) is 14.0. The lowest BCUT2D eigenvalue weighted by Gasteiger charge is -2.56. The summed E-state index contributed by atoms with van der Waals surface area (Å²) in [5, 5.41) is 0. The van der Waals surface area contributed by atoms with Crippen molar-refractivity contribution in [3.63, 3.8) is 0 Å². The zero-order chi connectivity index (χ0) is 40.7. The third-order valence-electron chi connectivity index (χ3n) is 14.4. The van der Waals surface area contributed by atoms with Gasteiger partial charge in [-0.15, -0.1) is 0 Å². The number of benzene rings is 1. The minimum absolute atomic E-state index is 0.0439. The highest BCUT2D eigenvalue weighted by molar-refractivity contribution is 5.29. The van der Waals surface area contributed by atoms with Crippen LogP contribution in [0.3, 0.4) is 0 Å². The number of hydrogen-bond acceptors (Lipinski definition) is 0. The van der Waals surface area contributed by atoms with Gasteiger partial charge in [0.15, 0.2) is 0 Å². The molecule has 0 nitrogen and oxygen atoms in total. The zero-order valence-corrected chi connectivity index (χ0v) is 39.1. The molecular weight excluding hydrogens is 613 g/mol. The maximum Gasteiger partial charge on any atom is -0.0100 e. The first-order valence-electron chi connectivity index (χ1n) is 21.3. The van der Waals surface area contributed by atoms with E-state index in [0.29, 0.717) is 28.6 Å². The van der Waals surface area contributed by atoms with E-state index in [1.54, 1.807) is 0 Å². The van der Waals surface area contributed by atoms with Gasteiger partial charge >= 0.3 is 0 Å². The van der Waals surface area contributed by atoms with Crippen molar-refractivity contribution < 1.29 is 0 Å². The molecule has 0 spiro atoms. The minimum atomic E-state index is 0.0439. The molecule has 0 amide bonds. The van der Waals surface area contributed by atoms with Gasteiger partial charge in [0, 0.05) is 0 Å². The van der Waals surface area contributed by atoms with Gasteiger partial charge in [-0.2, -0.15) is 0 Å². The second-order valence-electron chi connectivity index (χ2n) is 20.2. The van der Waals surface area contributed by atoms with Crippen molar-refractivity contribution in [1.29, 1.82) is 0 Å². The molecule has 0 radical (unpaired) electrons. The highest BCUT2D eigenvalue weighted by Crippen LogP contribution is 2.61. The van der Waals surface area contributed by atoms with Crippen LogP contribution in [0.1, 0.15) is 209 Å². The standard InChI is InChI=1S/C47H82.2C2H6/c1-20-23-32-42(8,9)43(10,11)33-31-36(4)45(14,15)47(18,19)40(37(27-21-2)28-22-3)35-44(12,13)46(16,17)39(34-41(5,6)7)38-29-25-24-26-30-38;2*1-2/h21-22,24-30,36,39-40H,2,20,23,31-35H2,1,3-19H3;2*1-2H3/b28-22-,37-27+;;. The highest BCUT2D eigenvalue weighted by atomic mass is 14.6. The molecule has 1 rings (SSSR count). The molecule has 51 heavy (non-hydrogen) atoms. The van der Waals surface area contributed by atoms with Crippen LogP contribution in [0.2, 0.25) is 0 Å². The van der Waals surface area contributed by atoms with E-state index in [-0.39, 0.29) is 27.1 Å². The summed E-state index contributed by atoms with van der Waals surface area (Å²) in [7, 11) is 0. The van der Waals surface area contributed by atoms with Gasteiger partial charge in [0.25, 0.3) is 0 Å². The Labute approximate surface area is 324 Å². The molecule has 0 aliphatic rings. The van der Waals surface area contributed by atoms with Gasteiger partial charge in [-0.1, -0.05) is 219 Å². The van der Waals surface area contributed by atoms with Crippen LogP contribution in [0.25, 0.3) is 0 Å². The summed E-state index contributed by atoms with van der Waals surface area (Å²) in [6, 6.07) is 11.4. The fourth-order valence-corrected chi connectivity index (χ4v) is 8.06. The number of unbranched alkanes of at least 4 members (excludes halogenated alkanes) is 1. The van der Waals surface area contributed by atoms with Crippen molar-refractivity contribution in [2.45, 2.75) is 203 Å². The molecule has 0 N–H and O–H groups in total. The predicted molar refractivity (Wildman–Crippen MR) is 238 cm³/mol. The van der Waals surface area contributed by atoms with E-state index < -0.39 is 0 Å². The van der Waals surface area contributed by atoms with Gasteiger partial charge in [0.05, 0.1) is 0 Å². The normalized spacial score (nSPS) is 15.7. The fourth-order valence-electron chi connectivity index (χ4n) is 8.06. The van der Waals surface area contributed by atoms with Crippen molar-refractivity contribution in [3.8, 4) is 0 Å². The average molecular weight is 707 g/mol. The Morgan fingerprint density at radius 3 is 1.59 bits per heavy atom. The number of hydrogen-bond donors (Lipinski definition) is 0. The minimum Gasteiger partial charge on any atom is -0.0991 e. The Kier molecular flexibility index (Phi) is 21.6. The lowest BCUT2D eigenvalue weighted by Crippen LogP contribution is -2.48. The Hall–Kier alpha value is -1.56. The predicted octanol–water partition coefficient (Wildman–Crippen LogP) is 17.7. The van der Waals surface area contributed by atoms with Crippen LogP contribution in [-0.2, 0) is 0 Å². The Morgan fingerprint density at radius 2 is 1.16 bits per heavy atom. The lowest BCUT2D eigenvalue weighted by molar-refractivity contribution is -0.0411. The highest BCUT2D eigenvalue weighted by Gasteiger charge is 2.52. The van der Waals surface area contributed by atoms with Gasteiger partial charge in [-0.3, -0.25) is 0 Å². The summed E-state index contributed by atoms with van der Waals surface area (Å²) in [6.07, 6.45) is 17.7. The SMILES string of the molecule is C=C/C=C(\C=C/C)C(CC(C)(C)C(C)(C)C(CC(C)(C)C)c1ccccc1)C(C)(C)C(C)(C)C(C)CCC(C)(C)C(C)(C)CCCC.CC.CC. The van der Waals surface area contributed by atoms with Crippen LogP contribution >= 0.6 is 0 Å². The van der Waals surface area contributed by atoms with E-state index in [1.807, 2.05) is 33.8 Å². The van der Waals surface area contributed by atoms with Crippen LogP contribution in [0, 0.1) is 49.7 Å². The first-order chi connectivity index (χ1) is 23.3. The van der Waals surface area contributed by atoms with Crippen molar-refractivity contribution >= 4 is 0 Å². The summed E-state index contributed by atoms with van der Waals surface area (Å²) < 4.78 is 0. The molecule has 298 valence electrons.